The lowest BCUT2D eigenvalue weighted by molar-refractivity contribution is -0.145. The highest BCUT2D eigenvalue weighted by Crippen LogP contribution is 2.27. The summed E-state index contributed by atoms with van der Waals surface area (Å²) in [5.41, 5.74) is 2.54. The van der Waals surface area contributed by atoms with E-state index in [1.165, 1.54) is 13.2 Å². The van der Waals surface area contributed by atoms with Crippen molar-refractivity contribution in [1.29, 1.82) is 0 Å². The molecule has 0 aliphatic carbocycles. The first kappa shape index (κ1) is 22.1. The van der Waals surface area contributed by atoms with Gasteiger partial charge in [0.25, 0.3) is 5.91 Å². The van der Waals surface area contributed by atoms with Gasteiger partial charge in [-0.3, -0.25) is 4.79 Å². The zero-order chi connectivity index (χ0) is 22.4. The highest BCUT2D eigenvalue weighted by atomic mass is 16.5. The first-order valence-corrected chi connectivity index (χ1v) is 10.0. The predicted octanol–water partition coefficient (Wildman–Crippen LogP) is 2.94. The van der Waals surface area contributed by atoms with Crippen LogP contribution in [0.1, 0.15) is 23.6 Å². The average molecular weight is 423 g/mol. The normalized spacial score (nSPS) is 11.7. The summed E-state index contributed by atoms with van der Waals surface area (Å²) in [5, 5.41) is 3.49. The lowest BCUT2D eigenvalue weighted by Crippen LogP contribution is -2.44. The van der Waals surface area contributed by atoms with Gasteiger partial charge >= 0.3 is 11.6 Å². The zero-order valence-electron chi connectivity index (χ0n) is 17.8. The van der Waals surface area contributed by atoms with Crippen LogP contribution in [0, 0.1) is 6.92 Å². The van der Waals surface area contributed by atoms with Gasteiger partial charge in [0.1, 0.15) is 17.4 Å². The molecule has 0 saturated heterocycles. The number of benzene rings is 2. The minimum atomic E-state index is -0.827. The smallest absolute Gasteiger partial charge is 0.336 e. The molecule has 0 saturated carbocycles. The Balaban J connectivity index is 1.73. The second-order valence-electron chi connectivity index (χ2n) is 7.18. The molecule has 0 aliphatic heterocycles. The molecule has 2 aromatic carbocycles. The van der Waals surface area contributed by atoms with Crippen molar-refractivity contribution in [3.8, 4) is 5.75 Å². The van der Waals surface area contributed by atoms with E-state index in [2.05, 4.69) is 5.32 Å². The van der Waals surface area contributed by atoms with Crippen molar-refractivity contribution >= 4 is 22.8 Å². The number of amides is 1. The molecule has 3 rings (SSSR count). The fourth-order valence-electron chi connectivity index (χ4n) is 3.37. The van der Waals surface area contributed by atoms with Crippen LogP contribution in [-0.4, -0.2) is 31.6 Å². The zero-order valence-corrected chi connectivity index (χ0v) is 17.8. The van der Waals surface area contributed by atoms with Crippen LogP contribution in [0.4, 0.5) is 0 Å². The number of fused-ring (bicyclic) bond motifs is 1. The monoisotopic (exact) mass is 423 g/mol. The van der Waals surface area contributed by atoms with Crippen molar-refractivity contribution in [3.05, 3.63) is 75.6 Å². The molecule has 1 heterocycles. The number of ether oxygens (including phenoxy) is 2. The molecule has 1 amide bonds. The molecule has 31 heavy (non-hydrogen) atoms. The van der Waals surface area contributed by atoms with Gasteiger partial charge in [-0.05, 0) is 36.1 Å². The summed E-state index contributed by atoms with van der Waals surface area (Å²) in [6, 6.07) is 13.5. The Morgan fingerprint density at radius 2 is 1.87 bits per heavy atom. The molecule has 0 bridgehead atoms. The highest BCUT2D eigenvalue weighted by molar-refractivity contribution is 5.86. The molecule has 7 nitrogen and oxygen atoms in total. The van der Waals surface area contributed by atoms with Crippen molar-refractivity contribution in [2.75, 3.05) is 13.7 Å². The van der Waals surface area contributed by atoms with E-state index >= 15 is 0 Å². The summed E-state index contributed by atoms with van der Waals surface area (Å²) in [5.74, 6) is -0.537. The lowest BCUT2D eigenvalue weighted by atomic mass is 10.1. The summed E-state index contributed by atoms with van der Waals surface area (Å²) in [6.45, 7) is 3.51. The summed E-state index contributed by atoms with van der Waals surface area (Å²) in [4.78, 5) is 36.3. The second kappa shape index (κ2) is 9.93. The Bertz CT molecular complexity index is 1140. The Morgan fingerprint density at radius 1 is 1.13 bits per heavy atom. The molecule has 0 fully saturated rings. The molecule has 162 valence electrons. The summed E-state index contributed by atoms with van der Waals surface area (Å²) in [7, 11) is 1.28. The molecule has 1 aromatic heterocycles. The van der Waals surface area contributed by atoms with Crippen LogP contribution >= 0.6 is 0 Å². The topological polar surface area (TPSA) is 94.8 Å². The van der Waals surface area contributed by atoms with Crippen molar-refractivity contribution in [3.63, 3.8) is 0 Å². The van der Waals surface area contributed by atoms with Crippen LogP contribution in [0.15, 0.2) is 57.7 Å². The fraction of sp³-hybridized carbons (Fsp3) is 0.292. The number of carbonyl (C=O) groups excluding carboxylic acids is 2. The quantitative estimate of drug-likeness (QED) is 0.442. The van der Waals surface area contributed by atoms with Crippen LogP contribution < -0.4 is 15.7 Å². The number of rotatable bonds is 8. The van der Waals surface area contributed by atoms with E-state index in [0.29, 0.717) is 24.2 Å². The Morgan fingerprint density at radius 3 is 2.55 bits per heavy atom. The summed E-state index contributed by atoms with van der Waals surface area (Å²) < 4.78 is 15.8. The van der Waals surface area contributed by atoms with E-state index in [-0.39, 0.29) is 6.61 Å². The number of nitrogens with one attached hydrogen (secondary N) is 1. The maximum atomic E-state index is 12.5. The van der Waals surface area contributed by atoms with Crippen molar-refractivity contribution < 1.29 is 23.5 Å². The SMILES string of the molecule is CCc1cc2c(C)cc(=O)oc2cc1OCC(=O)N[C@H](Cc1ccccc1)C(=O)OC. The van der Waals surface area contributed by atoms with E-state index in [1.807, 2.05) is 50.2 Å². The molecule has 0 spiro atoms. The molecule has 3 aromatic rings. The van der Waals surface area contributed by atoms with E-state index in [9.17, 15) is 14.4 Å². The molecule has 7 heteroatoms. The van der Waals surface area contributed by atoms with E-state index < -0.39 is 23.5 Å². The molecular formula is C24H25NO6. The molecule has 1 N–H and O–H groups in total. The van der Waals surface area contributed by atoms with Crippen LogP contribution in [0.5, 0.6) is 5.75 Å². The molecule has 0 unspecified atom stereocenters. The summed E-state index contributed by atoms with van der Waals surface area (Å²) in [6.07, 6.45) is 0.976. The lowest BCUT2D eigenvalue weighted by Gasteiger charge is -2.17. The third-order valence-corrected chi connectivity index (χ3v) is 4.98. The molecule has 1 atom stereocenters. The average Bonchev–Trinajstić information content (AvgIpc) is 2.76. The maximum Gasteiger partial charge on any atom is 0.336 e. The highest BCUT2D eigenvalue weighted by Gasteiger charge is 2.22. The van der Waals surface area contributed by atoms with Gasteiger partial charge in [0.05, 0.1) is 7.11 Å². The number of hydrogen-bond acceptors (Lipinski definition) is 6. The van der Waals surface area contributed by atoms with Crippen molar-refractivity contribution in [2.45, 2.75) is 32.7 Å². The van der Waals surface area contributed by atoms with Crippen LogP contribution in [0.2, 0.25) is 0 Å². The van der Waals surface area contributed by atoms with Gasteiger partial charge in [0.15, 0.2) is 6.61 Å². The van der Waals surface area contributed by atoms with Gasteiger partial charge in [0.2, 0.25) is 0 Å². The standard InChI is InChI=1S/C24H25NO6/c1-4-17-12-18-15(2)10-23(27)31-21(18)13-20(17)30-14-22(26)25-19(24(28)29-3)11-16-8-6-5-7-9-16/h5-10,12-13,19H,4,11,14H2,1-3H3,(H,25,26)/t19-/m1/s1. The number of esters is 1. The Kier molecular flexibility index (Phi) is 7.07. The van der Waals surface area contributed by atoms with Crippen molar-refractivity contribution in [2.24, 2.45) is 0 Å². The van der Waals surface area contributed by atoms with E-state index in [1.54, 1.807) is 6.07 Å². The number of hydrogen-bond donors (Lipinski definition) is 1. The van der Waals surface area contributed by atoms with Crippen molar-refractivity contribution in [1.82, 2.24) is 5.32 Å². The second-order valence-corrected chi connectivity index (χ2v) is 7.18. The Hall–Kier alpha value is -3.61. The van der Waals surface area contributed by atoms with Crippen LogP contribution in [0.25, 0.3) is 11.0 Å². The van der Waals surface area contributed by atoms with Crippen LogP contribution in [-0.2, 0) is 27.2 Å². The predicted molar refractivity (Wildman–Crippen MR) is 116 cm³/mol. The first-order chi connectivity index (χ1) is 14.9. The number of carbonyl (C=O) groups is 2. The van der Waals surface area contributed by atoms with Gasteiger partial charge in [-0.15, -0.1) is 0 Å². The number of methoxy groups -OCH3 is 1. The minimum absolute atomic E-state index is 0.295. The van der Waals surface area contributed by atoms with Gasteiger partial charge < -0.3 is 19.2 Å². The van der Waals surface area contributed by atoms with Gasteiger partial charge in [-0.2, -0.15) is 0 Å². The third kappa shape index (κ3) is 5.51. The largest absolute Gasteiger partial charge is 0.483 e. The maximum absolute atomic E-state index is 12.5. The van der Waals surface area contributed by atoms with E-state index in [0.717, 1.165) is 22.1 Å². The van der Waals surface area contributed by atoms with E-state index in [4.69, 9.17) is 13.9 Å². The third-order valence-electron chi connectivity index (χ3n) is 4.98. The van der Waals surface area contributed by atoms with Gasteiger partial charge in [0, 0.05) is 23.9 Å². The van der Waals surface area contributed by atoms with Crippen LogP contribution in [0.3, 0.4) is 0 Å². The van der Waals surface area contributed by atoms with Gasteiger partial charge in [-0.25, -0.2) is 9.59 Å². The van der Waals surface area contributed by atoms with Gasteiger partial charge in [-0.1, -0.05) is 37.3 Å². The minimum Gasteiger partial charge on any atom is -0.483 e. The summed E-state index contributed by atoms with van der Waals surface area (Å²) >= 11 is 0. The first-order valence-electron chi connectivity index (χ1n) is 10.0. The number of aryl methyl sites for hydroxylation is 2. The Labute approximate surface area is 180 Å². The fourth-order valence-corrected chi connectivity index (χ4v) is 3.37. The molecule has 0 radical (unpaired) electrons. The molecule has 0 aliphatic rings. The molecular weight excluding hydrogens is 398 g/mol.